The topological polar surface area (TPSA) is 66.8 Å². The van der Waals surface area contributed by atoms with Gasteiger partial charge in [-0.3, -0.25) is 14.5 Å². The Morgan fingerprint density at radius 2 is 1.66 bits per heavy atom. The Balaban J connectivity index is 1.97. The molecule has 3 aromatic carbocycles. The monoisotopic (exact) mass is 473 g/mol. The molecule has 1 aliphatic heterocycles. The van der Waals surface area contributed by atoms with Gasteiger partial charge in [0.2, 0.25) is 0 Å². The Morgan fingerprint density at radius 1 is 1.00 bits per heavy atom. The fourth-order valence-corrected chi connectivity index (χ4v) is 4.47. The highest BCUT2D eigenvalue weighted by Gasteiger charge is 2.47. The van der Waals surface area contributed by atoms with E-state index < -0.39 is 23.5 Å². The number of benzene rings is 3. The van der Waals surface area contributed by atoms with E-state index in [2.05, 4.69) is 0 Å². The number of aryl methyl sites for hydroxylation is 1. The lowest BCUT2D eigenvalue weighted by Gasteiger charge is -2.27. The van der Waals surface area contributed by atoms with Crippen molar-refractivity contribution in [3.63, 3.8) is 0 Å². The first-order valence-electron chi connectivity index (χ1n) is 11.4. The molecule has 0 radical (unpaired) electrons. The van der Waals surface area contributed by atoms with Crippen molar-refractivity contribution < 1.29 is 23.8 Å². The number of aliphatic hydroxyl groups is 1. The molecule has 1 atom stereocenters. The molecular weight excluding hydrogens is 445 g/mol. The van der Waals surface area contributed by atoms with E-state index in [9.17, 15) is 19.1 Å². The third-order valence-corrected chi connectivity index (χ3v) is 6.29. The van der Waals surface area contributed by atoms with Crippen molar-refractivity contribution in [1.29, 1.82) is 0 Å². The summed E-state index contributed by atoms with van der Waals surface area (Å²) in [5.74, 6) is -1.62. The molecule has 180 valence electrons. The van der Waals surface area contributed by atoms with Crippen molar-refractivity contribution in [2.24, 2.45) is 0 Å². The largest absolute Gasteiger partial charge is 0.507 e. The quantitative estimate of drug-likeness (QED) is 0.284. The number of methoxy groups -OCH3 is 1. The highest BCUT2D eigenvalue weighted by Crippen LogP contribution is 2.44. The van der Waals surface area contributed by atoms with E-state index in [4.69, 9.17) is 4.74 Å². The first-order valence-corrected chi connectivity index (χ1v) is 11.4. The van der Waals surface area contributed by atoms with Gasteiger partial charge in [-0.05, 0) is 59.9 Å². The molecule has 0 spiro atoms. The molecular formula is C29H28FNO4. The molecule has 3 aromatic rings. The zero-order chi connectivity index (χ0) is 25.5. The summed E-state index contributed by atoms with van der Waals surface area (Å²) in [4.78, 5) is 28.1. The normalized spacial score (nSPS) is 17.7. The van der Waals surface area contributed by atoms with Crippen molar-refractivity contribution >= 4 is 23.1 Å². The molecule has 0 bridgehead atoms. The maximum Gasteiger partial charge on any atom is 0.300 e. The van der Waals surface area contributed by atoms with Crippen LogP contribution in [-0.4, -0.2) is 23.9 Å². The number of carbonyl (C=O) groups is 2. The van der Waals surface area contributed by atoms with Crippen LogP contribution in [0.25, 0.3) is 5.76 Å². The Labute approximate surface area is 204 Å². The van der Waals surface area contributed by atoms with E-state index >= 15 is 0 Å². The van der Waals surface area contributed by atoms with E-state index in [1.54, 1.807) is 37.4 Å². The minimum Gasteiger partial charge on any atom is -0.507 e. The fraction of sp³-hybridized carbons (Fsp3) is 0.241. The average Bonchev–Trinajstić information content (AvgIpc) is 3.09. The molecule has 1 unspecified atom stereocenters. The summed E-state index contributed by atoms with van der Waals surface area (Å²) < 4.78 is 19.2. The third-order valence-electron chi connectivity index (χ3n) is 6.29. The van der Waals surface area contributed by atoms with Crippen molar-refractivity contribution in [2.75, 3.05) is 12.0 Å². The van der Waals surface area contributed by atoms with Crippen LogP contribution in [0.3, 0.4) is 0 Å². The third kappa shape index (κ3) is 4.32. The number of amides is 1. The van der Waals surface area contributed by atoms with Gasteiger partial charge in [-0.25, -0.2) is 4.39 Å². The lowest BCUT2D eigenvalue weighted by Crippen LogP contribution is -2.30. The summed E-state index contributed by atoms with van der Waals surface area (Å²) in [5, 5.41) is 11.4. The van der Waals surface area contributed by atoms with Gasteiger partial charge < -0.3 is 9.84 Å². The van der Waals surface area contributed by atoms with Gasteiger partial charge in [0.05, 0.1) is 18.7 Å². The molecule has 4 rings (SSSR count). The van der Waals surface area contributed by atoms with Gasteiger partial charge in [-0.15, -0.1) is 0 Å². The number of nitrogens with zero attached hydrogens (tertiary/aromatic N) is 1. The molecule has 0 saturated carbocycles. The van der Waals surface area contributed by atoms with Crippen LogP contribution in [0, 0.1) is 12.7 Å². The number of ether oxygens (including phenoxy) is 1. The smallest absolute Gasteiger partial charge is 0.300 e. The number of carbonyl (C=O) groups excluding carboxylic acids is 2. The van der Waals surface area contributed by atoms with Gasteiger partial charge >= 0.3 is 0 Å². The number of hydrogen-bond donors (Lipinski definition) is 1. The van der Waals surface area contributed by atoms with Crippen LogP contribution in [0.5, 0.6) is 5.75 Å². The van der Waals surface area contributed by atoms with Gasteiger partial charge in [-0.2, -0.15) is 0 Å². The predicted molar refractivity (Wildman–Crippen MR) is 134 cm³/mol. The van der Waals surface area contributed by atoms with Crippen LogP contribution >= 0.6 is 0 Å². The highest BCUT2D eigenvalue weighted by atomic mass is 19.1. The second kappa shape index (κ2) is 9.02. The van der Waals surface area contributed by atoms with Gasteiger partial charge in [0.1, 0.15) is 17.3 Å². The number of ketones is 1. The molecule has 1 fully saturated rings. The maximum atomic E-state index is 13.7. The molecule has 5 nitrogen and oxygen atoms in total. The molecule has 1 N–H and O–H groups in total. The molecule has 35 heavy (non-hydrogen) atoms. The Morgan fingerprint density at radius 3 is 2.26 bits per heavy atom. The van der Waals surface area contributed by atoms with Crippen molar-refractivity contribution in [2.45, 2.75) is 39.2 Å². The average molecular weight is 474 g/mol. The number of aliphatic hydroxyl groups excluding tert-OH is 1. The second-order valence-corrected chi connectivity index (χ2v) is 9.67. The fourth-order valence-electron chi connectivity index (χ4n) is 4.47. The van der Waals surface area contributed by atoms with E-state index in [0.29, 0.717) is 22.6 Å². The standard InChI is InChI=1S/C29H28FNO4/c1-17-8-6-7-9-22(17)31-25(18-10-13-20(30)14-11-18)24(27(33)28(31)34)26(32)19-12-15-23(35-5)21(16-19)29(2,3)4/h6-16,25,32H,1-5H3/b26-24-. The van der Waals surface area contributed by atoms with Gasteiger partial charge in [0, 0.05) is 16.8 Å². The number of rotatable bonds is 4. The Bertz CT molecular complexity index is 1340. The van der Waals surface area contributed by atoms with Gasteiger partial charge in [0.25, 0.3) is 11.7 Å². The summed E-state index contributed by atoms with van der Waals surface area (Å²) >= 11 is 0. The van der Waals surface area contributed by atoms with Crippen LogP contribution in [0.2, 0.25) is 0 Å². The first-order chi connectivity index (χ1) is 16.5. The number of anilines is 1. The van der Waals surface area contributed by atoms with Crippen molar-refractivity contribution in [3.05, 3.63) is 100 Å². The summed E-state index contributed by atoms with van der Waals surface area (Å²) in [6.45, 7) is 7.90. The minimum atomic E-state index is -0.920. The molecule has 1 heterocycles. The van der Waals surface area contributed by atoms with E-state index in [-0.39, 0.29) is 16.7 Å². The number of halogens is 1. The highest BCUT2D eigenvalue weighted by molar-refractivity contribution is 6.51. The molecule has 1 aliphatic rings. The molecule has 6 heteroatoms. The lowest BCUT2D eigenvalue weighted by molar-refractivity contribution is -0.132. The zero-order valence-corrected chi connectivity index (χ0v) is 20.4. The summed E-state index contributed by atoms with van der Waals surface area (Å²) in [7, 11) is 1.58. The number of Topliss-reactive ketones (excluding diaryl/α,β-unsaturated/α-hetero) is 1. The molecule has 0 aliphatic carbocycles. The van der Waals surface area contributed by atoms with E-state index in [0.717, 1.165) is 11.1 Å². The van der Waals surface area contributed by atoms with Crippen LogP contribution < -0.4 is 9.64 Å². The van der Waals surface area contributed by atoms with Crippen molar-refractivity contribution in [1.82, 2.24) is 0 Å². The minimum absolute atomic E-state index is 0.0464. The lowest BCUT2D eigenvalue weighted by atomic mass is 9.84. The summed E-state index contributed by atoms with van der Waals surface area (Å²) in [6.07, 6.45) is 0. The molecule has 1 saturated heterocycles. The van der Waals surface area contributed by atoms with Crippen LogP contribution in [0.1, 0.15) is 49.1 Å². The van der Waals surface area contributed by atoms with E-state index in [1.807, 2.05) is 39.8 Å². The Hall–Kier alpha value is -3.93. The summed E-state index contributed by atoms with van der Waals surface area (Å²) in [5.41, 5.74) is 2.75. The van der Waals surface area contributed by atoms with Gasteiger partial charge in [-0.1, -0.05) is 51.1 Å². The van der Waals surface area contributed by atoms with Gasteiger partial charge in [0.15, 0.2) is 0 Å². The Kier molecular flexibility index (Phi) is 6.24. The predicted octanol–water partition coefficient (Wildman–Crippen LogP) is 6.07. The molecule has 0 aromatic heterocycles. The van der Waals surface area contributed by atoms with Crippen LogP contribution in [-0.2, 0) is 15.0 Å². The van der Waals surface area contributed by atoms with Crippen LogP contribution in [0.4, 0.5) is 10.1 Å². The zero-order valence-electron chi connectivity index (χ0n) is 20.4. The maximum absolute atomic E-state index is 13.7. The SMILES string of the molecule is COc1ccc(/C(O)=C2/C(=O)C(=O)N(c3ccccc3C)C2c2ccc(F)cc2)cc1C(C)(C)C. The number of hydrogen-bond acceptors (Lipinski definition) is 4. The van der Waals surface area contributed by atoms with Crippen molar-refractivity contribution in [3.8, 4) is 5.75 Å². The van der Waals surface area contributed by atoms with E-state index in [1.165, 1.54) is 29.2 Å². The molecule has 1 amide bonds. The summed E-state index contributed by atoms with van der Waals surface area (Å²) in [6, 6.07) is 17.1. The number of para-hydroxylation sites is 1. The van der Waals surface area contributed by atoms with Crippen LogP contribution in [0.15, 0.2) is 72.3 Å². The first kappa shape index (κ1) is 24.2. The second-order valence-electron chi connectivity index (χ2n) is 9.67.